The Hall–Kier alpha value is -6.94. The van der Waals surface area contributed by atoms with Crippen molar-refractivity contribution in [3.05, 3.63) is 200 Å². The molecule has 0 bridgehead atoms. The van der Waals surface area contributed by atoms with E-state index < -0.39 is 0 Å². The van der Waals surface area contributed by atoms with Gasteiger partial charge in [0, 0.05) is 47.9 Å². The zero-order valence-corrected chi connectivity index (χ0v) is 30.6. The van der Waals surface area contributed by atoms with Crippen LogP contribution in [-0.4, -0.2) is 0 Å². The lowest BCUT2D eigenvalue weighted by Gasteiger charge is -2.28. The maximum Gasteiger partial charge on any atom is 0.135 e. The van der Waals surface area contributed by atoms with Crippen molar-refractivity contribution in [1.82, 2.24) is 0 Å². The van der Waals surface area contributed by atoms with Crippen LogP contribution in [0.2, 0.25) is 0 Å². The molecule has 0 aliphatic carbocycles. The van der Waals surface area contributed by atoms with E-state index in [0.717, 1.165) is 39.0 Å². The third kappa shape index (κ3) is 5.48. The number of thiophene rings is 1. The van der Waals surface area contributed by atoms with Gasteiger partial charge in [-0.3, -0.25) is 0 Å². The summed E-state index contributed by atoms with van der Waals surface area (Å²) in [5, 5.41) is 7.33. The van der Waals surface area contributed by atoms with Gasteiger partial charge in [0.15, 0.2) is 0 Å². The average Bonchev–Trinajstić information content (AvgIpc) is 3.82. The van der Waals surface area contributed by atoms with Crippen molar-refractivity contribution >= 4 is 81.3 Å². The Kier molecular flexibility index (Phi) is 7.39. The van der Waals surface area contributed by atoms with E-state index in [2.05, 4.69) is 193 Å². The van der Waals surface area contributed by atoms with Gasteiger partial charge in [-0.1, -0.05) is 133 Å². The van der Waals surface area contributed by atoms with Crippen molar-refractivity contribution in [2.75, 3.05) is 4.90 Å². The molecule has 0 saturated carbocycles. The summed E-state index contributed by atoms with van der Waals surface area (Å²) in [5.41, 5.74) is 12.2. The van der Waals surface area contributed by atoms with E-state index in [0.29, 0.717) is 0 Å². The van der Waals surface area contributed by atoms with Gasteiger partial charge in [-0.2, -0.15) is 0 Å². The summed E-state index contributed by atoms with van der Waals surface area (Å²) in [7, 11) is 0. The number of hydrogen-bond donors (Lipinski definition) is 0. The molecule has 0 radical (unpaired) electrons. The van der Waals surface area contributed by atoms with E-state index in [1.807, 2.05) is 23.5 Å². The van der Waals surface area contributed by atoms with Crippen molar-refractivity contribution in [2.24, 2.45) is 0 Å². The molecule has 11 aromatic rings. The maximum absolute atomic E-state index is 6.26. The normalized spacial score (nSPS) is 11.6. The number of para-hydroxylation sites is 2. The van der Waals surface area contributed by atoms with Gasteiger partial charge in [-0.25, -0.2) is 0 Å². The minimum absolute atomic E-state index is 0.885. The van der Waals surface area contributed by atoms with E-state index >= 15 is 0 Å². The Morgan fingerprint density at radius 1 is 0.345 bits per heavy atom. The van der Waals surface area contributed by atoms with Gasteiger partial charge in [0.1, 0.15) is 11.2 Å². The molecule has 0 spiro atoms. The Morgan fingerprint density at radius 2 is 0.945 bits per heavy atom. The van der Waals surface area contributed by atoms with E-state index in [9.17, 15) is 0 Å². The second kappa shape index (κ2) is 12.9. The van der Waals surface area contributed by atoms with Gasteiger partial charge in [-0.05, 0) is 105 Å². The average molecular weight is 720 g/mol. The Morgan fingerprint density at radius 3 is 1.80 bits per heavy atom. The van der Waals surface area contributed by atoms with Crippen LogP contribution in [0, 0.1) is 0 Å². The van der Waals surface area contributed by atoms with Crippen molar-refractivity contribution in [3.8, 4) is 33.4 Å². The minimum atomic E-state index is 0.885. The summed E-state index contributed by atoms with van der Waals surface area (Å²) in [5.74, 6) is 0. The van der Waals surface area contributed by atoms with Crippen LogP contribution in [0.15, 0.2) is 205 Å². The van der Waals surface area contributed by atoms with Crippen LogP contribution in [0.1, 0.15) is 0 Å². The number of fused-ring (bicyclic) bond motifs is 7. The monoisotopic (exact) mass is 719 g/mol. The molecular formula is C52H33NOS. The maximum atomic E-state index is 6.26. The molecule has 9 aromatic carbocycles. The molecule has 3 heteroatoms. The number of rotatable bonds is 6. The second-order valence-corrected chi connectivity index (χ2v) is 15.2. The number of furan rings is 1. The van der Waals surface area contributed by atoms with E-state index in [1.165, 1.54) is 64.3 Å². The third-order valence-electron chi connectivity index (χ3n) is 10.9. The Balaban J connectivity index is 1.02. The van der Waals surface area contributed by atoms with Crippen LogP contribution < -0.4 is 4.90 Å². The van der Waals surface area contributed by atoms with Crippen LogP contribution in [0.3, 0.4) is 0 Å². The standard InChI is InChI=1S/C52H33NOS/c1-2-10-38-31-39(22-21-34(38)9-1)37-19-17-35(18-20-37)36-23-26-41(27-24-36)53(42-28-29-50-46(33-42)44-12-4-7-15-49(44)54-50)48-14-6-3-11-43(48)40-25-30-52-47(32-40)45-13-5-8-16-51(45)55-52/h1-33H. The topological polar surface area (TPSA) is 16.4 Å². The van der Waals surface area contributed by atoms with Crippen molar-refractivity contribution in [3.63, 3.8) is 0 Å². The van der Waals surface area contributed by atoms with Crippen molar-refractivity contribution < 1.29 is 4.42 Å². The summed E-state index contributed by atoms with van der Waals surface area (Å²) in [6, 6.07) is 72.3. The molecule has 258 valence electrons. The minimum Gasteiger partial charge on any atom is -0.456 e. The molecule has 0 aliphatic rings. The highest BCUT2D eigenvalue weighted by Gasteiger charge is 2.20. The molecule has 0 fully saturated rings. The number of benzene rings is 9. The summed E-state index contributed by atoms with van der Waals surface area (Å²) in [4.78, 5) is 2.39. The Labute approximate surface area is 322 Å². The van der Waals surface area contributed by atoms with E-state index in [4.69, 9.17) is 4.42 Å². The number of nitrogens with zero attached hydrogens (tertiary/aromatic N) is 1. The van der Waals surface area contributed by atoms with Crippen LogP contribution in [0.5, 0.6) is 0 Å². The van der Waals surface area contributed by atoms with Crippen LogP contribution in [0.25, 0.3) is 86.3 Å². The number of anilines is 3. The molecule has 2 aromatic heterocycles. The SMILES string of the molecule is c1ccc(N(c2ccc(-c3ccc(-c4ccc5ccccc5c4)cc3)cc2)c2ccc3oc4ccccc4c3c2)c(-c2ccc3sc4ccccc4c3c2)c1. The van der Waals surface area contributed by atoms with Gasteiger partial charge >= 0.3 is 0 Å². The zero-order chi connectivity index (χ0) is 36.3. The molecule has 0 N–H and O–H groups in total. The second-order valence-electron chi connectivity index (χ2n) is 14.1. The van der Waals surface area contributed by atoms with Gasteiger partial charge in [0.25, 0.3) is 0 Å². The molecule has 2 heterocycles. The predicted octanol–water partition coefficient (Wildman–Crippen LogP) is 15.6. The first-order valence-corrected chi connectivity index (χ1v) is 19.5. The number of hydrogen-bond acceptors (Lipinski definition) is 3. The molecule has 2 nitrogen and oxygen atoms in total. The van der Waals surface area contributed by atoms with Crippen molar-refractivity contribution in [1.29, 1.82) is 0 Å². The van der Waals surface area contributed by atoms with Crippen molar-refractivity contribution in [2.45, 2.75) is 0 Å². The van der Waals surface area contributed by atoms with Crippen LogP contribution in [-0.2, 0) is 0 Å². The highest BCUT2D eigenvalue weighted by molar-refractivity contribution is 7.25. The smallest absolute Gasteiger partial charge is 0.135 e. The molecule has 55 heavy (non-hydrogen) atoms. The fourth-order valence-electron chi connectivity index (χ4n) is 8.11. The van der Waals surface area contributed by atoms with Gasteiger partial charge in [-0.15, -0.1) is 11.3 Å². The predicted molar refractivity (Wildman–Crippen MR) is 235 cm³/mol. The lowest BCUT2D eigenvalue weighted by atomic mass is 9.97. The molecule has 0 aliphatic heterocycles. The first-order valence-electron chi connectivity index (χ1n) is 18.7. The zero-order valence-electron chi connectivity index (χ0n) is 29.8. The third-order valence-corrected chi connectivity index (χ3v) is 12.0. The van der Waals surface area contributed by atoms with Gasteiger partial charge < -0.3 is 9.32 Å². The lowest BCUT2D eigenvalue weighted by Crippen LogP contribution is -2.11. The largest absolute Gasteiger partial charge is 0.456 e. The first kappa shape index (κ1) is 31.6. The van der Waals surface area contributed by atoms with Gasteiger partial charge in [0.05, 0.1) is 5.69 Å². The molecule has 0 atom stereocenters. The quantitative estimate of drug-likeness (QED) is 0.170. The Bertz CT molecular complexity index is 3210. The fourth-order valence-corrected chi connectivity index (χ4v) is 9.20. The van der Waals surface area contributed by atoms with E-state index in [1.54, 1.807) is 0 Å². The van der Waals surface area contributed by atoms with Crippen LogP contribution >= 0.6 is 11.3 Å². The highest BCUT2D eigenvalue weighted by Crippen LogP contribution is 2.45. The molecular weight excluding hydrogens is 687 g/mol. The van der Waals surface area contributed by atoms with E-state index in [-0.39, 0.29) is 0 Å². The fraction of sp³-hybridized carbons (Fsp3) is 0. The molecule has 11 rings (SSSR count). The summed E-state index contributed by atoms with van der Waals surface area (Å²) in [6.07, 6.45) is 0. The van der Waals surface area contributed by atoms with Crippen LogP contribution in [0.4, 0.5) is 17.1 Å². The molecule has 0 saturated heterocycles. The molecule has 0 amide bonds. The summed E-state index contributed by atoms with van der Waals surface area (Å²) >= 11 is 1.85. The molecule has 0 unspecified atom stereocenters. The highest BCUT2D eigenvalue weighted by atomic mass is 32.1. The first-order chi connectivity index (χ1) is 27.2. The summed E-state index contributed by atoms with van der Waals surface area (Å²) in [6.45, 7) is 0. The lowest BCUT2D eigenvalue weighted by molar-refractivity contribution is 0.669. The van der Waals surface area contributed by atoms with Gasteiger partial charge in [0.2, 0.25) is 0 Å². The summed E-state index contributed by atoms with van der Waals surface area (Å²) < 4.78 is 8.88.